The number of carbonyl (C=O) groups excluding carboxylic acids is 1. The third-order valence-electron chi connectivity index (χ3n) is 2.45. The van der Waals surface area contributed by atoms with Crippen molar-refractivity contribution in [3.8, 4) is 0 Å². The highest BCUT2D eigenvalue weighted by Crippen LogP contribution is 2.20. The minimum absolute atomic E-state index is 0.113. The Hall–Kier alpha value is -1.61. The van der Waals surface area contributed by atoms with E-state index in [9.17, 15) is 4.79 Å². The number of ketones is 1. The molecule has 0 aliphatic heterocycles. The Balaban J connectivity index is 2.29. The lowest BCUT2D eigenvalue weighted by atomic mass is 10.2. The molecule has 1 aromatic carbocycles. The second-order valence-electron chi connectivity index (χ2n) is 3.61. The molecule has 0 aliphatic carbocycles. The molecule has 1 unspecified atom stereocenters. The SMILES string of the molecule is CCOC(C)C(=O)c1cc2ccccc2o1. The van der Waals surface area contributed by atoms with E-state index in [1.54, 1.807) is 13.0 Å². The first-order valence-electron chi connectivity index (χ1n) is 5.36. The highest BCUT2D eigenvalue weighted by Gasteiger charge is 2.19. The van der Waals surface area contributed by atoms with Crippen molar-refractivity contribution in [3.63, 3.8) is 0 Å². The number of hydrogen-bond acceptors (Lipinski definition) is 3. The minimum Gasteiger partial charge on any atom is -0.453 e. The van der Waals surface area contributed by atoms with Gasteiger partial charge in [-0.1, -0.05) is 18.2 Å². The average molecular weight is 218 g/mol. The quantitative estimate of drug-likeness (QED) is 0.740. The summed E-state index contributed by atoms with van der Waals surface area (Å²) in [4.78, 5) is 11.9. The number of Topliss-reactive ketones (excluding diaryl/α,β-unsaturated/α-hetero) is 1. The van der Waals surface area contributed by atoms with Crippen LogP contribution in [0.2, 0.25) is 0 Å². The van der Waals surface area contributed by atoms with Crippen molar-refractivity contribution >= 4 is 16.8 Å². The molecule has 2 aromatic rings. The number of fused-ring (bicyclic) bond motifs is 1. The van der Waals surface area contributed by atoms with Crippen LogP contribution in [-0.4, -0.2) is 18.5 Å². The topological polar surface area (TPSA) is 39.4 Å². The average Bonchev–Trinajstić information content (AvgIpc) is 2.71. The van der Waals surface area contributed by atoms with Gasteiger partial charge in [-0.15, -0.1) is 0 Å². The van der Waals surface area contributed by atoms with E-state index >= 15 is 0 Å². The van der Waals surface area contributed by atoms with Crippen molar-refractivity contribution in [1.29, 1.82) is 0 Å². The van der Waals surface area contributed by atoms with E-state index < -0.39 is 6.10 Å². The number of rotatable bonds is 4. The lowest BCUT2D eigenvalue weighted by Gasteiger charge is -2.07. The van der Waals surface area contributed by atoms with Crippen molar-refractivity contribution in [2.45, 2.75) is 20.0 Å². The Morgan fingerprint density at radius 2 is 2.19 bits per heavy atom. The van der Waals surface area contributed by atoms with E-state index in [0.717, 1.165) is 11.0 Å². The van der Waals surface area contributed by atoms with E-state index in [2.05, 4.69) is 0 Å². The molecular formula is C13H14O3. The molecular weight excluding hydrogens is 204 g/mol. The molecule has 0 spiro atoms. The van der Waals surface area contributed by atoms with Crippen molar-refractivity contribution < 1.29 is 13.9 Å². The monoisotopic (exact) mass is 218 g/mol. The Morgan fingerprint density at radius 3 is 2.88 bits per heavy atom. The van der Waals surface area contributed by atoms with Gasteiger partial charge < -0.3 is 9.15 Å². The molecule has 0 amide bonds. The molecule has 2 rings (SSSR count). The third-order valence-corrected chi connectivity index (χ3v) is 2.45. The van der Waals surface area contributed by atoms with Crippen molar-refractivity contribution in [3.05, 3.63) is 36.1 Å². The molecule has 1 atom stereocenters. The first kappa shape index (κ1) is 10.9. The summed E-state index contributed by atoms with van der Waals surface area (Å²) in [6.07, 6.45) is -0.453. The Labute approximate surface area is 94.0 Å². The molecule has 3 heteroatoms. The maximum Gasteiger partial charge on any atom is 0.226 e. The predicted octanol–water partition coefficient (Wildman–Crippen LogP) is 3.04. The lowest BCUT2D eigenvalue weighted by molar-refractivity contribution is 0.0497. The van der Waals surface area contributed by atoms with Gasteiger partial charge in [0.15, 0.2) is 5.76 Å². The summed E-state index contributed by atoms with van der Waals surface area (Å²) in [5, 5.41) is 0.939. The van der Waals surface area contributed by atoms with Crippen LogP contribution in [0.4, 0.5) is 0 Å². The van der Waals surface area contributed by atoms with Gasteiger partial charge in [0.25, 0.3) is 0 Å². The van der Waals surface area contributed by atoms with Crippen LogP contribution in [0.5, 0.6) is 0 Å². The van der Waals surface area contributed by atoms with E-state index in [0.29, 0.717) is 12.4 Å². The van der Waals surface area contributed by atoms with Crippen molar-refractivity contribution in [2.24, 2.45) is 0 Å². The van der Waals surface area contributed by atoms with Crippen LogP contribution in [0.25, 0.3) is 11.0 Å². The van der Waals surface area contributed by atoms with Crippen LogP contribution < -0.4 is 0 Å². The van der Waals surface area contributed by atoms with Gasteiger partial charge in [0.1, 0.15) is 11.7 Å². The Bertz CT molecular complexity index is 466. The molecule has 84 valence electrons. The first-order valence-corrected chi connectivity index (χ1v) is 5.36. The molecule has 0 fully saturated rings. The maximum atomic E-state index is 11.9. The van der Waals surface area contributed by atoms with E-state index in [1.165, 1.54) is 0 Å². The maximum absolute atomic E-state index is 11.9. The largest absolute Gasteiger partial charge is 0.453 e. The standard InChI is InChI=1S/C13H14O3/c1-3-15-9(2)13(14)12-8-10-6-4-5-7-11(10)16-12/h4-9H,3H2,1-2H3. The van der Waals surface area contributed by atoms with E-state index in [4.69, 9.17) is 9.15 Å². The van der Waals surface area contributed by atoms with Crippen LogP contribution in [-0.2, 0) is 4.74 Å². The molecule has 0 N–H and O–H groups in total. The van der Waals surface area contributed by atoms with Crippen LogP contribution in [0.15, 0.2) is 34.7 Å². The Morgan fingerprint density at radius 1 is 1.44 bits per heavy atom. The Kier molecular flexibility index (Phi) is 3.06. The molecule has 0 aliphatic rings. The van der Waals surface area contributed by atoms with Gasteiger partial charge in [-0.3, -0.25) is 4.79 Å². The normalized spacial score (nSPS) is 12.9. The zero-order valence-electron chi connectivity index (χ0n) is 9.40. The molecule has 0 bridgehead atoms. The molecule has 3 nitrogen and oxygen atoms in total. The zero-order valence-corrected chi connectivity index (χ0v) is 9.40. The summed E-state index contributed by atoms with van der Waals surface area (Å²) in [6, 6.07) is 9.32. The molecule has 0 saturated heterocycles. The van der Waals surface area contributed by atoms with Crippen LogP contribution in [0.3, 0.4) is 0 Å². The van der Waals surface area contributed by atoms with Gasteiger partial charge in [0, 0.05) is 12.0 Å². The molecule has 16 heavy (non-hydrogen) atoms. The highest BCUT2D eigenvalue weighted by molar-refractivity contribution is 6.00. The molecule has 0 saturated carbocycles. The molecule has 1 aromatic heterocycles. The summed E-state index contributed by atoms with van der Waals surface area (Å²) in [6.45, 7) is 4.12. The van der Waals surface area contributed by atoms with Gasteiger partial charge in [0.05, 0.1) is 0 Å². The second kappa shape index (κ2) is 4.49. The number of hydrogen-bond donors (Lipinski definition) is 0. The van der Waals surface area contributed by atoms with E-state index in [-0.39, 0.29) is 5.78 Å². The first-order chi connectivity index (χ1) is 7.72. The van der Waals surface area contributed by atoms with Crippen LogP contribution >= 0.6 is 0 Å². The second-order valence-corrected chi connectivity index (χ2v) is 3.61. The summed E-state index contributed by atoms with van der Waals surface area (Å²) >= 11 is 0. The number of benzene rings is 1. The van der Waals surface area contributed by atoms with Gasteiger partial charge in [-0.05, 0) is 26.0 Å². The minimum atomic E-state index is -0.453. The van der Waals surface area contributed by atoms with Crippen molar-refractivity contribution in [1.82, 2.24) is 0 Å². The van der Waals surface area contributed by atoms with Gasteiger partial charge in [-0.25, -0.2) is 0 Å². The number of carbonyl (C=O) groups is 1. The molecule has 1 heterocycles. The summed E-state index contributed by atoms with van der Waals surface area (Å²) in [5.74, 6) is 0.250. The van der Waals surface area contributed by atoms with Gasteiger partial charge in [-0.2, -0.15) is 0 Å². The van der Waals surface area contributed by atoms with Crippen LogP contribution in [0, 0.1) is 0 Å². The van der Waals surface area contributed by atoms with E-state index in [1.807, 2.05) is 31.2 Å². The summed E-state index contributed by atoms with van der Waals surface area (Å²) in [7, 11) is 0. The number of para-hydroxylation sites is 1. The smallest absolute Gasteiger partial charge is 0.226 e. The fourth-order valence-electron chi connectivity index (χ4n) is 1.63. The third kappa shape index (κ3) is 1.99. The summed E-state index contributed by atoms with van der Waals surface area (Å²) in [5.41, 5.74) is 0.731. The molecule has 0 radical (unpaired) electrons. The number of ether oxygens (including phenoxy) is 1. The van der Waals surface area contributed by atoms with Crippen molar-refractivity contribution in [2.75, 3.05) is 6.61 Å². The van der Waals surface area contributed by atoms with Gasteiger partial charge in [0.2, 0.25) is 5.78 Å². The fraction of sp³-hybridized carbons (Fsp3) is 0.308. The predicted molar refractivity (Wildman–Crippen MR) is 61.6 cm³/mol. The summed E-state index contributed by atoms with van der Waals surface area (Å²) < 4.78 is 10.7. The zero-order chi connectivity index (χ0) is 11.5. The fourth-order valence-corrected chi connectivity index (χ4v) is 1.63. The van der Waals surface area contributed by atoms with Crippen LogP contribution in [0.1, 0.15) is 24.4 Å². The highest BCUT2D eigenvalue weighted by atomic mass is 16.5. The lowest BCUT2D eigenvalue weighted by Crippen LogP contribution is -2.20. The number of furan rings is 1. The van der Waals surface area contributed by atoms with Gasteiger partial charge >= 0.3 is 0 Å².